The Labute approximate surface area is 156 Å². The quantitative estimate of drug-likeness (QED) is 0.878. The van der Waals surface area contributed by atoms with Crippen molar-refractivity contribution in [2.45, 2.75) is 25.4 Å². The smallest absolute Gasteiger partial charge is 0.254 e. The monoisotopic (exact) mass is 376 g/mol. The molecule has 0 aliphatic carbocycles. The first-order valence-corrected chi connectivity index (χ1v) is 8.89. The van der Waals surface area contributed by atoms with E-state index in [1.165, 1.54) is 0 Å². The van der Waals surface area contributed by atoms with Crippen LogP contribution < -0.4 is 5.32 Å². The van der Waals surface area contributed by atoms with E-state index in [4.69, 9.17) is 23.2 Å². The molecule has 1 aliphatic rings. The van der Waals surface area contributed by atoms with E-state index in [0.717, 1.165) is 12.0 Å². The highest BCUT2D eigenvalue weighted by Gasteiger charge is 2.34. The van der Waals surface area contributed by atoms with Gasteiger partial charge < -0.3 is 10.2 Å². The first-order chi connectivity index (χ1) is 12.0. The van der Waals surface area contributed by atoms with Crippen LogP contribution in [0.15, 0.2) is 48.5 Å². The molecule has 1 saturated heterocycles. The van der Waals surface area contributed by atoms with Crippen molar-refractivity contribution in [1.82, 2.24) is 10.2 Å². The van der Waals surface area contributed by atoms with Gasteiger partial charge in [-0.1, -0.05) is 35.3 Å². The van der Waals surface area contributed by atoms with Gasteiger partial charge in [-0.3, -0.25) is 9.59 Å². The van der Waals surface area contributed by atoms with Gasteiger partial charge in [0.15, 0.2) is 0 Å². The van der Waals surface area contributed by atoms with Crippen molar-refractivity contribution >= 4 is 35.0 Å². The SMILES string of the molecule is O=C(NCc1ccc(Cl)cc1)C1CCCN1C(=O)c1ccc(Cl)cc1. The third-order valence-electron chi connectivity index (χ3n) is 4.29. The van der Waals surface area contributed by atoms with Gasteiger partial charge >= 0.3 is 0 Å². The fourth-order valence-corrected chi connectivity index (χ4v) is 3.20. The lowest BCUT2D eigenvalue weighted by Gasteiger charge is -2.24. The summed E-state index contributed by atoms with van der Waals surface area (Å²) in [7, 11) is 0. The Kier molecular flexibility index (Phi) is 5.61. The van der Waals surface area contributed by atoms with Crippen LogP contribution in [0.3, 0.4) is 0 Å². The van der Waals surface area contributed by atoms with Gasteiger partial charge in [0.1, 0.15) is 6.04 Å². The molecule has 6 heteroatoms. The normalized spacial score (nSPS) is 16.7. The molecule has 1 N–H and O–H groups in total. The van der Waals surface area contributed by atoms with E-state index in [-0.39, 0.29) is 11.8 Å². The highest BCUT2D eigenvalue weighted by Crippen LogP contribution is 2.21. The van der Waals surface area contributed by atoms with E-state index >= 15 is 0 Å². The minimum Gasteiger partial charge on any atom is -0.350 e. The third kappa shape index (κ3) is 4.33. The van der Waals surface area contributed by atoms with Crippen LogP contribution in [0.2, 0.25) is 10.0 Å². The molecule has 2 aromatic carbocycles. The van der Waals surface area contributed by atoms with E-state index in [2.05, 4.69) is 5.32 Å². The summed E-state index contributed by atoms with van der Waals surface area (Å²) in [6.07, 6.45) is 1.49. The number of nitrogens with one attached hydrogen (secondary N) is 1. The molecule has 0 aromatic heterocycles. The van der Waals surface area contributed by atoms with Gasteiger partial charge in [0.25, 0.3) is 5.91 Å². The zero-order chi connectivity index (χ0) is 17.8. The van der Waals surface area contributed by atoms with Crippen LogP contribution in [0.5, 0.6) is 0 Å². The molecule has 3 rings (SSSR count). The zero-order valence-corrected chi connectivity index (χ0v) is 15.1. The molecule has 0 bridgehead atoms. The lowest BCUT2D eigenvalue weighted by atomic mass is 10.1. The van der Waals surface area contributed by atoms with Crippen LogP contribution in [-0.2, 0) is 11.3 Å². The molecule has 1 atom stereocenters. The molecule has 2 amide bonds. The van der Waals surface area contributed by atoms with E-state index in [9.17, 15) is 9.59 Å². The van der Waals surface area contributed by atoms with E-state index in [0.29, 0.717) is 35.1 Å². The molecular formula is C19H18Cl2N2O2. The molecule has 1 unspecified atom stereocenters. The zero-order valence-electron chi connectivity index (χ0n) is 13.5. The Morgan fingerprint density at radius 1 is 1.00 bits per heavy atom. The van der Waals surface area contributed by atoms with Crippen LogP contribution >= 0.6 is 23.2 Å². The summed E-state index contributed by atoms with van der Waals surface area (Å²) in [4.78, 5) is 26.8. The first kappa shape index (κ1) is 17.8. The second-order valence-corrected chi connectivity index (χ2v) is 6.88. The topological polar surface area (TPSA) is 49.4 Å². The molecule has 2 aromatic rings. The maximum absolute atomic E-state index is 12.7. The van der Waals surface area contributed by atoms with Crippen molar-refractivity contribution < 1.29 is 9.59 Å². The lowest BCUT2D eigenvalue weighted by Crippen LogP contribution is -2.45. The molecule has 130 valence electrons. The van der Waals surface area contributed by atoms with Gasteiger partial charge in [-0.05, 0) is 54.8 Å². The standard InChI is InChI=1S/C19H18Cl2N2O2/c20-15-7-3-13(4-8-15)12-22-18(24)17-2-1-11-23(17)19(25)14-5-9-16(21)10-6-14/h3-10,17H,1-2,11-12H2,(H,22,24). The molecule has 0 spiro atoms. The van der Waals surface area contributed by atoms with Gasteiger partial charge in [-0.15, -0.1) is 0 Å². The van der Waals surface area contributed by atoms with Gasteiger partial charge in [-0.2, -0.15) is 0 Å². The van der Waals surface area contributed by atoms with Gasteiger partial charge in [0.2, 0.25) is 5.91 Å². The van der Waals surface area contributed by atoms with Crippen molar-refractivity contribution in [1.29, 1.82) is 0 Å². The third-order valence-corrected chi connectivity index (χ3v) is 4.79. The second-order valence-electron chi connectivity index (χ2n) is 6.01. The number of likely N-dealkylation sites (tertiary alicyclic amines) is 1. The van der Waals surface area contributed by atoms with Crippen LogP contribution in [0, 0.1) is 0 Å². The van der Waals surface area contributed by atoms with E-state index in [1.807, 2.05) is 12.1 Å². The van der Waals surface area contributed by atoms with Crippen molar-refractivity contribution in [3.63, 3.8) is 0 Å². The van der Waals surface area contributed by atoms with Gasteiger partial charge in [0, 0.05) is 28.7 Å². The molecule has 4 nitrogen and oxygen atoms in total. The van der Waals surface area contributed by atoms with Crippen LogP contribution in [-0.4, -0.2) is 29.3 Å². The number of hydrogen-bond donors (Lipinski definition) is 1. The Hall–Kier alpha value is -2.04. The predicted molar refractivity (Wildman–Crippen MR) is 98.8 cm³/mol. The Morgan fingerprint density at radius 3 is 2.24 bits per heavy atom. The van der Waals surface area contributed by atoms with Crippen LogP contribution in [0.4, 0.5) is 0 Å². The minimum absolute atomic E-state index is 0.130. The lowest BCUT2D eigenvalue weighted by molar-refractivity contribution is -0.125. The fourth-order valence-electron chi connectivity index (χ4n) is 2.95. The molecule has 0 saturated carbocycles. The minimum atomic E-state index is -0.435. The van der Waals surface area contributed by atoms with E-state index in [1.54, 1.807) is 41.3 Å². The number of rotatable bonds is 4. The maximum atomic E-state index is 12.7. The van der Waals surface area contributed by atoms with Crippen LogP contribution in [0.25, 0.3) is 0 Å². The van der Waals surface area contributed by atoms with E-state index < -0.39 is 6.04 Å². The number of halogens is 2. The predicted octanol–water partition coefficient (Wildman–Crippen LogP) is 3.91. The summed E-state index contributed by atoms with van der Waals surface area (Å²) >= 11 is 11.7. The van der Waals surface area contributed by atoms with Crippen molar-refractivity contribution in [3.05, 3.63) is 69.7 Å². The average Bonchev–Trinajstić information content (AvgIpc) is 3.11. The average molecular weight is 377 g/mol. The largest absolute Gasteiger partial charge is 0.350 e. The number of benzene rings is 2. The summed E-state index contributed by atoms with van der Waals surface area (Å²) in [5.74, 6) is -0.268. The number of carbonyl (C=O) groups excluding carboxylic acids is 2. The van der Waals surface area contributed by atoms with Crippen molar-refractivity contribution in [2.24, 2.45) is 0 Å². The molecule has 1 heterocycles. The van der Waals surface area contributed by atoms with Gasteiger partial charge in [-0.25, -0.2) is 0 Å². The second kappa shape index (κ2) is 7.89. The molecule has 1 aliphatic heterocycles. The molecule has 0 radical (unpaired) electrons. The maximum Gasteiger partial charge on any atom is 0.254 e. The Bertz CT molecular complexity index is 760. The summed E-state index contributed by atoms with van der Waals surface area (Å²) in [5, 5.41) is 4.15. The first-order valence-electron chi connectivity index (χ1n) is 8.13. The summed E-state index contributed by atoms with van der Waals surface area (Å²) < 4.78 is 0. The van der Waals surface area contributed by atoms with Crippen molar-refractivity contribution in [2.75, 3.05) is 6.54 Å². The highest BCUT2D eigenvalue weighted by atomic mass is 35.5. The molecular weight excluding hydrogens is 359 g/mol. The summed E-state index contributed by atoms with van der Waals surface area (Å²) in [5.41, 5.74) is 1.51. The number of nitrogens with zero attached hydrogens (tertiary/aromatic N) is 1. The van der Waals surface area contributed by atoms with Crippen molar-refractivity contribution in [3.8, 4) is 0 Å². The molecule has 1 fully saturated rings. The highest BCUT2D eigenvalue weighted by molar-refractivity contribution is 6.30. The summed E-state index contributed by atoms with van der Waals surface area (Å²) in [6, 6.07) is 13.6. The molecule has 25 heavy (non-hydrogen) atoms. The fraction of sp³-hybridized carbons (Fsp3) is 0.263. The Morgan fingerprint density at radius 2 is 1.60 bits per heavy atom. The van der Waals surface area contributed by atoms with Crippen LogP contribution in [0.1, 0.15) is 28.8 Å². The number of amides is 2. The summed E-state index contributed by atoms with van der Waals surface area (Å²) in [6.45, 7) is 0.996. The number of hydrogen-bond acceptors (Lipinski definition) is 2. The number of carbonyl (C=O) groups is 2. The van der Waals surface area contributed by atoms with Gasteiger partial charge in [0.05, 0.1) is 0 Å². The Balaban J connectivity index is 1.64.